The van der Waals surface area contributed by atoms with Gasteiger partial charge < -0.3 is 20.5 Å². The summed E-state index contributed by atoms with van der Waals surface area (Å²) in [6.07, 6.45) is 0. The third kappa shape index (κ3) is 6.93. The lowest BCUT2D eigenvalue weighted by atomic mass is 10.2. The molecule has 2 rings (SSSR count). The number of hydrogen-bond acceptors (Lipinski definition) is 4. The molecule has 0 aliphatic rings. The molecule has 2 aromatic rings. The predicted octanol–water partition coefficient (Wildman–Crippen LogP) is 2.88. The lowest BCUT2D eigenvalue weighted by molar-refractivity contribution is 0.354. The zero-order chi connectivity index (χ0) is 19.1. The number of benzene rings is 1. The van der Waals surface area contributed by atoms with Crippen molar-refractivity contribution in [2.45, 2.75) is 33.9 Å². The van der Waals surface area contributed by atoms with Crippen LogP contribution in [0, 0.1) is 19.8 Å². The van der Waals surface area contributed by atoms with E-state index in [2.05, 4.69) is 35.3 Å². The Morgan fingerprint density at radius 3 is 2.52 bits per heavy atom. The summed E-state index contributed by atoms with van der Waals surface area (Å²) in [6, 6.07) is 7.80. The van der Waals surface area contributed by atoms with Crippen molar-refractivity contribution in [3.8, 4) is 11.5 Å². The average molecular weight is 487 g/mol. The summed E-state index contributed by atoms with van der Waals surface area (Å²) in [5.41, 5.74) is 9.20. The van der Waals surface area contributed by atoms with E-state index in [9.17, 15) is 0 Å². The van der Waals surface area contributed by atoms with Gasteiger partial charge in [0.2, 0.25) is 0 Å². The smallest absolute Gasteiger partial charge is 0.188 e. The van der Waals surface area contributed by atoms with E-state index in [-0.39, 0.29) is 24.0 Å². The SMILES string of the molecule is COc1ccc(CN=C(N)NCC(C)Cn2nc(C)cc2C)cc1OC.I. The number of aromatic nitrogens is 2. The lowest BCUT2D eigenvalue weighted by Crippen LogP contribution is -2.36. The predicted molar refractivity (Wildman–Crippen MR) is 119 cm³/mol. The largest absolute Gasteiger partial charge is 0.493 e. The van der Waals surface area contributed by atoms with Crippen LogP contribution in [0.3, 0.4) is 0 Å². The molecule has 1 atom stereocenters. The first kappa shape index (κ1) is 23.1. The van der Waals surface area contributed by atoms with E-state index < -0.39 is 0 Å². The molecule has 1 heterocycles. The van der Waals surface area contributed by atoms with Crippen LogP contribution < -0.4 is 20.5 Å². The molecule has 8 heteroatoms. The standard InChI is InChI=1S/C19H29N5O2.HI/c1-13(12-24-15(3)8-14(2)23-24)10-21-19(20)22-11-16-6-7-17(25-4)18(9-16)26-5;/h6-9,13H,10-12H2,1-5H3,(H3,20,21,22);1H. The second-order valence-electron chi connectivity index (χ2n) is 6.49. The number of nitrogens with zero attached hydrogens (tertiary/aromatic N) is 3. The highest BCUT2D eigenvalue weighted by atomic mass is 127. The Balaban J connectivity index is 0.00000364. The van der Waals surface area contributed by atoms with Crippen LogP contribution in [0.25, 0.3) is 0 Å². The molecule has 0 spiro atoms. The molecule has 3 N–H and O–H groups in total. The molecule has 1 aromatic carbocycles. The molecular formula is C19H30IN5O2. The van der Waals surface area contributed by atoms with Crippen molar-refractivity contribution in [2.75, 3.05) is 20.8 Å². The van der Waals surface area contributed by atoms with E-state index >= 15 is 0 Å². The van der Waals surface area contributed by atoms with Gasteiger partial charge in [-0.1, -0.05) is 13.0 Å². The summed E-state index contributed by atoms with van der Waals surface area (Å²) in [4.78, 5) is 4.39. The molecule has 0 amide bonds. The van der Waals surface area contributed by atoms with Crippen molar-refractivity contribution < 1.29 is 9.47 Å². The molecule has 1 unspecified atom stereocenters. The monoisotopic (exact) mass is 487 g/mol. The molecule has 0 saturated heterocycles. The fourth-order valence-electron chi connectivity index (χ4n) is 2.71. The van der Waals surface area contributed by atoms with Gasteiger partial charge in [-0.15, -0.1) is 24.0 Å². The maximum absolute atomic E-state index is 5.98. The number of nitrogens with one attached hydrogen (secondary N) is 1. The highest BCUT2D eigenvalue weighted by Gasteiger charge is 2.08. The van der Waals surface area contributed by atoms with Gasteiger partial charge in [-0.05, 0) is 43.5 Å². The van der Waals surface area contributed by atoms with Crippen LogP contribution in [0.5, 0.6) is 11.5 Å². The van der Waals surface area contributed by atoms with Crippen LogP contribution in [0.15, 0.2) is 29.3 Å². The van der Waals surface area contributed by atoms with Gasteiger partial charge >= 0.3 is 0 Å². The number of ether oxygens (including phenoxy) is 2. The third-order valence-electron chi connectivity index (χ3n) is 4.10. The molecule has 0 fully saturated rings. The number of aryl methyl sites for hydroxylation is 2. The zero-order valence-corrected chi connectivity index (χ0v) is 19.0. The van der Waals surface area contributed by atoms with Gasteiger partial charge in [-0.25, -0.2) is 4.99 Å². The van der Waals surface area contributed by atoms with Crippen LogP contribution in [0.2, 0.25) is 0 Å². The quantitative estimate of drug-likeness (QED) is 0.340. The zero-order valence-electron chi connectivity index (χ0n) is 16.7. The summed E-state index contributed by atoms with van der Waals surface area (Å²) in [7, 11) is 3.23. The molecule has 7 nitrogen and oxygen atoms in total. The normalized spacial score (nSPS) is 12.3. The van der Waals surface area contributed by atoms with E-state index in [0.29, 0.717) is 29.9 Å². The Kier molecular flexibility index (Phi) is 9.40. The summed E-state index contributed by atoms with van der Waals surface area (Å²) < 4.78 is 12.6. The molecule has 0 saturated carbocycles. The van der Waals surface area contributed by atoms with E-state index in [0.717, 1.165) is 24.3 Å². The summed E-state index contributed by atoms with van der Waals surface area (Å²) in [5.74, 6) is 2.19. The lowest BCUT2D eigenvalue weighted by Gasteiger charge is -2.14. The van der Waals surface area contributed by atoms with Gasteiger partial charge in [0.05, 0.1) is 26.5 Å². The van der Waals surface area contributed by atoms with Crippen molar-refractivity contribution in [1.29, 1.82) is 0 Å². The van der Waals surface area contributed by atoms with Gasteiger partial charge in [0.15, 0.2) is 17.5 Å². The molecule has 0 bridgehead atoms. The summed E-state index contributed by atoms with van der Waals surface area (Å²) in [5, 5.41) is 7.67. The summed E-state index contributed by atoms with van der Waals surface area (Å²) in [6.45, 7) is 8.29. The molecule has 27 heavy (non-hydrogen) atoms. The Morgan fingerprint density at radius 2 is 1.93 bits per heavy atom. The van der Waals surface area contributed by atoms with Crippen molar-refractivity contribution in [1.82, 2.24) is 15.1 Å². The average Bonchev–Trinajstić information content (AvgIpc) is 2.94. The fraction of sp³-hybridized carbons (Fsp3) is 0.474. The number of hydrogen-bond donors (Lipinski definition) is 2. The number of aliphatic imine (C=N–C) groups is 1. The maximum Gasteiger partial charge on any atom is 0.188 e. The van der Waals surface area contributed by atoms with Gasteiger partial charge in [0.25, 0.3) is 0 Å². The highest BCUT2D eigenvalue weighted by Crippen LogP contribution is 2.27. The number of halogens is 1. The van der Waals surface area contributed by atoms with E-state index in [1.54, 1.807) is 14.2 Å². The number of guanidine groups is 1. The minimum atomic E-state index is 0. The third-order valence-corrected chi connectivity index (χ3v) is 4.10. The molecule has 1 aromatic heterocycles. The molecule has 0 aliphatic carbocycles. The minimum absolute atomic E-state index is 0. The highest BCUT2D eigenvalue weighted by molar-refractivity contribution is 14.0. The van der Waals surface area contributed by atoms with Crippen LogP contribution in [-0.2, 0) is 13.1 Å². The Morgan fingerprint density at radius 1 is 1.22 bits per heavy atom. The van der Waals surface area contributed by atoms with E-state index in [1.807, 2.05) is 29.8 Å². The molecule has 150 valence electrons. The van der Waals surface area contributed by atoms with Gasteiger partial charge in [0, 0.05) is 18.8 Å². The summed E-state index contributed by atoms with van der Waals surface area (Å²) >= 11 is 0. The topological polar surface area (TPSA) is 86.7 Å². The first-order chi connectivity index (χ1) is 12.4. The van der Waals surface area contributed by atoms with Crippen LogP contribution in [0.1, 0.15) is 23.9 Å². The Hall–Kier alpha value is -1.97. The number of nitrogens with two attached hydrogens (primary N) is 1. The van der Waals surface area contributed by atoms with E-state index in [4.69, 9.17) is 15.2 Å². The van der Waals surface area contributed by atoms with Crippen molar-refractivity contribution in [2.24, 2.45) is 16.6 Å². The second kappa shape index (κ2) is 11.0. The molecule has 0 aliphatic heterocycles. The number of methoxy groups -OCH3 is 2. The molecule has 0 radical (unpaired) electrons. The first-order valence-electron chi connectivity index (χ1n) is 8.68. The van der Waals surface area contributed by atoms with Crippen molar-refractivity contribution in [3.05, 3.63) is 41.2 Å². The van der Waals surface area contributed by atoms with E-state index in [1.165, 1.54) is 5.69 Å². The van der Waals surface area contributed by atoms with Gasteiger partial charge in [-0.3, -0.25) is 4.68 Å². The number of rotatable bonds is 8. The van der Waals surface area contributed by atoms with Gasteiger partial charge in [0.1, 0.15) is 0 Å². The van der Waals surface area contributed by atoms with Crippen LogP contribution in [0.4, 0.5) is 0 Å². The van der Waals surface area contributed by atoms with Gasteiger partial charge in [-0.2, -0.15) is 5.10 Å². The molecular weight excluding hydrogens is 457 g/mol. The van der Waals surface area contributed by atoms with Crippen molar-refractivity contribution in [3.63, 3.8) is 0 Å². The van der Waals surface area contributed by atoms with Crippen LogP contribution in [-0.4, -0.2) is 36.5 Å². The fourth-order valence-corrected chi connectivity index (χ4v) is 2.71. The maximum atomic E-state index is 5.98. The minimum Gasteiger partial charge on any atom is -0.493 e. The first-order valence-corrected chi connectivity index (χ1v) is 8.68. The second-order valence-corrected chi connectivity index (χ2v) is 6.49. The Bertz CT molecular complexity index is 761. The Labute approximate surface area is 178 Å². The van der Waals surface area contributed by atoms with Crippen molar-refractivity contribution >= 4 is 29.9 Å². The van der Waals surface area contributed by atoms with Crippen LogP contribution >= 0.6 is 24.0 Å².